The van der Waals surface area contributed by atoms with Crippen LogP contribution in [-0.2, 0) is 6.54 Å². The Morgan fingerprint density at radius 2 is 2.29 bits per heavy atom. The lowest BCUT2D eigenvalue weighted by molar-refractivity contribution is 0.101. The number of rotatable bonds is 3. The Balaban J connectivity index is 2.40. The topological polar surface area (TPSA) is 96.7 Å². The van der Waals surface area contributed by atoms with Crippen molar-refractivity contribution in [3.63, 3.8) is 0 Å². The number of halogens is 1. The highest BCUT2D eigenvalue weighted by molar-refractivity contribution is 6.31. The van der Waals surface area contributed by atoms with Crippen molar-refractivity contribution in [2.45, 2.75) is 20.4 Å². The summed E-state index contributed by atoms with van der Waals surface area (Å²) in [6, 6.07) is 6.66. The van der Waals surface area contributed by atoms with Crippen LogP contribution in [0.3, 0.4) is 0 Å². The van der Waals surface area contributed by atoms with Crippen molar-refractivity contribution in [3.05, 3.63) is 40.2 Å². The molecule has 3 N–H and O–H groups in total. The zero-order valence-electron chi connectivity index (χ0n) is 11.6. The monoisotopic (exact) mass is 303 g/mol. The maximum Gasteiger partial charge on any atom is 0.276 e. The number of carbonyl (C=O) groups is 1. The molecule has 0 aliphatic carbocycles. The number of nitrogens with one attached hydrogen (secondary N) is 1. The van der Waals surface area contributed by atoms with Crippen LogP contribution in [0.1, 0.15) is 28.7 Å². The molecule has 21 heavy (non-hydrogen) atoms. The van der Waals surface area contributed by atoms with Crippen molar-refractivity contribution in [1.82, 2.24) is 9.78 Å². The van der Waals surface area contributed by atoms with Gasteiger partial charge in [-0.05, 0) is 32.0 Å². The molecule has 1 amide bonds. The largest absolute Gasteiger partial charge is 0.395 e. The molecular weight excluding hydrogens is 290 g/mol. The predicted octanol–water partition coefficient (Wildman–Crippen LogP) is 2.57. The number of hydrogen-bond acceptors (Lipinski definition) is 4. The molecule has 0 saturated carbocycles. The number of anilines is 2. The minimum atomic E-state index is -0.422. The number of carbonyl (C=O) groups excluding carboxylic acids is 1. The van der Waals surface area contributed by atoms with Gasteiger partial charge in [-0.3, -0.25) is 9.48 Å². The number of amides is 1. The number of hydrogen-bond donors (Lipinski definition) is 2. The highest BCUT2D eigenvalue weighted by atomic mass is 35.5. The summed E-state index contributed by atoms with van der Waals surface area (Å²) in [6.45, 7) is 4.11. The van der Waals surface area contributed by atoms with E-state index in [1.807, 2.05) is 13.0 Å². The second-order valence-corrected chi connectivity index (χ2v) is 4.86. The molecule has 0 atom stereocenters. The molecule has 1 heterocycles. The fourth-order valence-electron chi connectivity index (χ4n) is 1.96. The van der Waals surface area contributed by atoms with Gasteiger partial charge in [0.15, 0.2) is 0 Å². The van der Waals surface area contributed by atoms with Crippen LogP contribution in [0.4, 0.5) is 11.4 Å². The Kier molecular flexibility index (Phi) is 4.15. The van der Waals surface area contributed by atoms with Crippen molar-refractivity contribution < 1.29 is 4.79 Å². The summed E-state index contributed by atoms with van der Waals surface area (Å²) in [5.41, 5.74) is 7.76. The number of nitriles is 1. The summed E-state index contributed by atoms with van der Waals surface area (Å²) in [7, 11) is 0. The fraction of sp³-hybridized carbons (Fsp3) is 0.214. The molecule has 0 fully saturated rings. The van der Waals surface area contributed by atoms with Crippen LogP contribution in [0, 0.1) is 18.3 Å². The van der Waals surface area contributed by atoms with Gasteiger partial charge in [0.05, 0.1) is 22.6 Å². The zero-order chi connectivity index (χ0) is 15.6. The molecule has 0 spiro atoms. The molecular formula is C14H14ClN5O. The fourth-order valence-corrected chi connectivity index (χ4v) is 2.13. The number of aryl methyl sites for hydroxylation is 2. The summed E-state index contributed by atoms with van der Waals surface area (Å²) in [4.78, 5) is 12.4. The van der Waals surface area contributed by atoms with Crippen LogP contribution in [0.25, 0.3) is 0 Å². The average Bonchev–Trinajstić information content (AvgIpc) is 2.74. The van der Waals surface area contributed by atoms with Gasteiger partial charge in [0.2, 0.25) is 0 Å². The van der Waals surface area contributed by atoms with E-state index in [4.69, 9.17) is 22.6 Å². The van der Waals surface area contributed by atoms with E-state index < -0.39 is 5.91 Å². The third-order valence-corrected chi connectivity index (χ3v) is 3.27. The summed E-state index contributed by atoms with van der Waals surface area (Å²) >= 11 is 5.89. The van der Waals surface area contributed by atoms with Crippen molar-refractivity contribution in [1.29, 1.82) is 5.26 Å². The maximum absolute atomic E-state index is 12.4. The molecule has 0 aliphatic heterocycles. The highest BCUT2D eigenvalue weighted by Gasteiger charge is 2.20. The van der Waals surface area contributed by atoms with E-state index >= 15 is 0 Å². The quantitative estimate of drug-likeness (QED) is 0.910. The molecule has 0 aliphatic rings. The average molecular weight is 304 g/mol. The van der Waals surface area contributed by atoms with Crippen molar-refractivity contribution in [2.24, 2.45) is 0 Å². The Morgan fingerprint density at radius 3 is 2.90 bits per heavy atom. The predicted molar refractivity (Wildman–Crippen MR) is 81.2 cm³/mol. The van der Waals surface area contributed by atoms with E-state index in [1.54, 1.807) is 19.1 Å². The van der Waals surface area contributed by atoms with E-state index in [-0.39, 0.29) is 5.69 Å². The number of nitrogens with two attached hydrogens (primary N) is 1. The lowest BCUT2D eigenvalue weighted by Crippen LogP contribution is -2.19. The van der Waals surface area contributed by atoms with E-state index in [0.29, 0.717) is 34.2 Å². The van der Waals surface area contributed by atoms with E-state index in [1.165, 1.54) is 10.7 Å². The highest BCUT2D eigenvalue weighted by Crippen LogP contribution is 2.23. The molecule has 1 aromatic carbocycles. The third kappa shape index (κ3) is 2.83. The summed E-state index contributed by atoms with van der Waals surface area (Å²) < 4.78 is 1.52. The number of nitrogen functional groups attached to an aromatic ring is 1. The van der Waals surface area contributed by atoms with E-state index in [9.17, 15) is 4.79 Å². The second-order valence-electron chi connectivity index (χ2n) is 4.42. The van der Waals surface area contributed by atoms with Gasteiger partial charge in [-0.1, -0.05) is 11.6 Å². The first-order valence-corrected chi connectivity index (χ1v) is 6.69. The molecule has 0 unspecified atom stereocenters. The number of benzene rings is 1. The standard InChI is InChI=1S/C14H14ClN5O/c1-3-20-13(12(17)8(2)19-20)14(21)18-11-6-10(15)5-4-9(11)7-16/h4-6H,3,17H2,1-2H3,(H,18,21). The van der Waals surface area contributed by atoms with Crippen molar-refractivity contribution in [3.8, 4) is 6.07 Å². The molecule has 6 nitrogen and oxygen atoms in total. The van der Waals surface area contributed by atoms with Gasteiger partial charge in [0.1, 0.15) is 11.8 Å². The molecule has 108 valence electrons. The van der Waals surface area contributed by atoms with Crippen molar-refractivity contribution in [2.75, 3.05) is 11.1 Å². The summed E-state index contributed by atoms with van der Waals surface area (Å²) in [5.74, 6) is -0.422. The second kappa shape index (κ2) is 5.85. The Labute approximate surface area is 127 Å². The zero-order valence-corrected chi connectivity index (χ0v) is 12.4. The lowest BCUT2D eigenvalue weighted by atomic mass is 10.2. The van der Waals surface area contributed by atoms with Gasteiger partial charge < -0.3 is 11.1 Å². The van der Waals surface area contributed by atoms with Crippen LogP contribution in [-0.4, -0.2) is 15.7 Å². The molecule has 0 bridgehead atoms. The third-order valence-electron chi connectivity index (χ3n) is 3.04. The Bertz CT molecular complexity index is 745. The van der Waals surface area contributed by atoms with Gasteiger partial charge in [-0.2, -0.15) is 10.4 Å². The van der Waals surface area contributed by atoms with Gasteiger partial charge in [-0.15, -0.1) is 0 Å². The van der Waals surface area contributed by atoms with E-state index in [0.717, 1.165) is 0 Å². The molecule has 2 aromatic rings. The Hall–Kier alpha value is -2.52. The Morgan fingerprint density at radius 1 is 1.57 bits per heavy atom. The SMILES string of the molecule is CCn1nc(C)c(N)c1C(=O)Nc1cc(Cl)ccc1C#N. The van der Waals surface area contributed by atoms with Gasteiger partial charge in [-0.25, -0.2) is 0 Å². The lowest BCUT2D eigenvalue weighted by Gasteiger charge is -2.09. The van der Waals surface area contributed by atoms with Gasteiger partial charge >= 0.3 is 0 Å². The molecule has 1 aromatic heterocycles. The van der Waals surface area contributed by atoms with Crippen LogP contribution in [0.2, 0.25) is 5.02 Å². The van der Waals surface area contributed by atoms with Crippen LogP contribution in [0.15, 0.2) is 18.2 Å². The minimum absolute atomic E-state index is 0.277. The van der Waals surface area contributed by atoms with Crippen molar-refractivity contribution >= 4 is 28.9 Å². The first-order valence-electron chi connectivity index (χ1n) is 6.31. The maximum atomic E-state index is 12.4. The first-order chi connectivity index (χ1) is 9.97. The van der Waals surface area contributed by atoms with E-state index in [2.05, 4.69) is 10.4 Å². The summed E-state index contributed by atoms with van der Waals surface area (Å²) in [5, 5.41) is 16.3. The molecule has 0 radical (unpaired) electrons. The smallest absolute Gasteiger partial charge is 0.276 e. The van der Waals surface area contributed by atoms with Crippen LogP contribution >= 0.6 is 11.6 Å². The summed E-state index contributed by atoms with van der Waals surface area (Å²) in [6.07, 6.45) is 0. The minimum Gasteiger partial charge on any atom is -0.395 e. The van der Waals surface area contributed by atoms with Crippen LogP contribution in [0.5, 0.6) is 0 Å². The molecule has 0 saturated heterocycles. The van der Waals surface area contributed by atoms with Crippen LogP contribution < -0.4 is 11.1 Å². The van der Waals surface area contributed by atoms with Gasteiger partial charge in [0, 0.05) is 11.6 Å². The normalized spacial score (nSPS) is 10.2. The first kappa shape index (κ1) is 14.9. The number of aromatic nitrogens is 2. The number of nitrogens with zero attached hydrogens (tertiary/aromatic N) is 3. The molecule has 7 heteroatoms. The molecule has 2 rings (SSSR count). The van der Waals surface area contributed by atoms with Gasteiger partial charge in [0.25, 0.3) is 5.91 Å².